The molecule has 1 aromatic rings. The van der Waals surface area contributed by atoms with Crippen molar-refractivity contribution in [2.75, 3.05) is 0 Å². The molecule has 0 radical (unpaired) electrons. The van der Waals surface area contributed by atoms with E-state index < -0.39 is 11.1 Å². The van der Waals surface area contributed by atoms with Crippen LogP contribution in [0.1, 0.15) is 44.5 Å². The Labute approximate surface area is 107 Å². The summed E-state index contributed by atoms with van der Waals surface area (Å²) in [5.41, 5.74) is 0.528. The number of hydrogen-bond acceptors (Lipinski definition) is 4. The highest BCUT2D eigenvalue weighted by molar-refractivity contribution is 5.97. The van der Waals surface area contributed by atoms with Crippen LogP contribution in [-0.4, -0.2) is 27.1 Å². The van der Waals surface area contributed by atoms with E-state index in [0.29, 0.717) is 12.0 Å². The first-order valence-corrected chi connectivity index (χ1v) is 6.02. The van der Waals surface area contributed by atoms with Gasteiger partial charge in [-0.05, 0) is 39.3 Å². The summed E-state index contributed by atoms with van der Waals surface area (Å²) in [6.07, 6.45) is 5.20. The lowest BCUT2D eigenvalue weighted by Crippen LogP contribution is -2.47. The van der Waals surface area contributed by atoms with Gasteiger partial charge in [-0.1, -0.05) is 6.08 Å². The monoisotopic (exact) mass is 249 g/mol. The Morgan fingerprint density at radius 3 is 2.50 bits per heavy atom. The zero-order valence-electron chi connectivity index (χ0n) is 11.2. The fraction of sp³-hybridized carbons (Fsp3) is 0.500. The standard InChI is InChI=1S/C14H19NO3/c1-13(2)8-11(14(3,4)15(13)17)7-12(16)10-5-6-18-9-10/h5-6,8-9,17H,7H2,1-4H3. The molecule has 1 aliphatic heterocycles. The van der Waals surface area contributed by atoms with Gasteiger partial charge < -0.3 is 9.62 Å². The number of Topliss-reactive ketones (excluding diaryl/α,β-unsaturated/α-hetero) is 1. The Bertz CT molecular complexity index is 483. The molecule has 0 saturated carbocycles. The van der Waals surface area contributed by atoms with E-state index in [1.807, 2.05) is 33.8 Å². The van der Waals surface area contributed by atoms with Gasteiger partial charge in [0, 0.05) is 6.42 Å². The normalized spacial score (nSPS) is 21.9. The molecule has 98 valence electrons. The molecule has 4 heteroatoms. The summed E-state index contributed by atoms with van der Waals surface area (Å²) in [5, 5.41) is 11.5. The van der Waals surface area contributed by atoms with Gasteiger partial charge in [-0.15, -0.1) is 0 Å². The van der Waals surface area contributed by atoms with Crippen molar-refractivity contribution in [3.05, 3.63) is 35.8 Å². The lowest BCUT2D eigenvalue weighted by atomic mass is 9.91. The fourth-order valence-electron chi connectivity index (χ4n) is 2.49. The Morgan fingerprint density at radius 1 is 1.39 bits per heavy atom. The molecule has 0 fully saturated rings. The maximum atomic E-state index is 12.1. The largest absolute Gasteiger partial charge is 0.472 e. The number of ketones is 1. The van der Waals surface area contributed by atoms with E-state index in [-0.39, 0.29) is 5.78 Å². The Hall–Kier alpha value is -1.39. The van der Waals surface area contributed by atoms with E-state index in [1.165, 1.54) is 17.6 Å². The number of hydrogen-bond donors (Lipinski definition) is 1. The van der Waals surface area contributed by atoms with Gasteiger partial charge in [0.2, 0.25) is 0 Å². The molecule has 2 heterocycles. The first kappa shape index (κ1) is 13.1. The molecule has 0 amide bonds. The van der Waals surface area contributed by atoms with Crippen LogP contribution in [0.3, 0.4) is 0 Å². The van der Waals surface area contributed by atoms with Gasteiger partial charge in [0.1, 0.15) is 6.26 Å². The minimum absolute atomic E-state index is 0.00850. The third kappa shape index (κ3) is 2.02. The van der Waals surface area contributed by atoms with E-state index >= 15 is 0 Å². The first-order chi connectivity index (χ1) is 8.25. The number of carbonyl (C=O) groups is 1. The van der Waals surface area contributed by atoms with Crippen molar-refractivity contribution >= 4 is 5.78 Å². The second-order valence-electron chi connectivity index (χ2n) is 5.81. The van der Waals surface area contributed by atoms with E-state index in [1.54, 1.807) is 6.07 Å². The summed E-state index contributed by atoms with van der Waals surface area (Å²) >= 11 is 0. The quantitative estimate of drug-likeness (QED) is 0.660. The van der Waals surface area contributed by atoms with E-state index in [4.69, 9.17) is 4.42 Å². The third-order valence-corrected chi connectivity index (χ3v) is 3.58. The van der Waals surface area contributed by atoms with Gasteiger partial charge >= 0.3 is 0 Å². The van der Waals surface area contributed by atoms with Crippen LogP contribution in [0.5, 0.6) is 0 Å². The molecule has 0 unspecified atom stereocenters. The average Bonchev–Trinajstić information content (AvgIpc) is 2.83. The summed E-state index contributed by atoms with van der Waals surface area (Å²) in [4.78, 5) is 12.1. The van der Waals surface area contributed by atoms with Crippen molar-refractivity contribution in [2.45, 2.75) is 45.2 Å². The second-order valence-corrected chi connectivity index (χ2v) is 5.81. The lowest BCUT2D eigenvalue weighted by Gasteiger charge is -2.36. The van der Waals surface area contributed by atoms with Crippen LogP contribution in [0.2, 0.25) is 0 Å². The highest BCUT2D eigenvalue weighted by Gasteiger charge is 2.45. The molecular weight excluding hydrogens is 230 g/mol. The number of nitrogens with zero attached hydrogens (tertiary/aromatic N) is 1. The van der Waals surface area contributed by atoms with Crippen molar-refractivity contribution in [1.82, 2.24) is 5.06 Å². The van der Waals surface area contributed by atoms with Crippen molar-refractivity contribution in [3.8, 4) is 0 Å². The summed E-state index contributed by atoms with van der Waals surface area (Å²) < 4.78 is 4.91. The molecule has 0 bridgehead atoms. The smallest absolute Gasteiger partial charge is 0.170 e. The highest BCUT2D eigenvalue weighted by atomic mass is 16.5. The summed E-state index contributed by atoms with van der Waals surface area (Å²) in [6.45, 7) is 7.67. The zero-order chi connectivity index (χ0) is 13.6. The van der Waals surface area contributed by atoms with E-state index in [9.17, 15) is 10.0 Å². The highest BCUT2D eigenvalue weighted by Crippen LogP contribution is 2.40. The van der Waals surface area contributed by atoms with Crippen molar-refractivity contribution in [2.24, 2.45) is 0 Å². The van der Waals surface area contributed by atoms with Crippen LogP contribution in [0.15, 0.2) is 34.7 Å². The zero-order valence-corrected chi connectivity index (χ0v) is 11.2. The van der Waals surface area contributed by atoms with Crippen LogP contribution in [0.25, 0.3) is 0 Å². The van der Waals surface area contributed by atoms with Crippen LogP contribution < -0.4 is 0 Å². The maximum Gasteiger partial charge on any atom is 0.170 e. The molecule has 0 aromatic carbocycles. The van der Waals surface area contributed by atoms with Crippen LogP contribution >= 0.6 is 0 Å². The predicted octanol–water partition coefficient (Wildman–Crippen LogP) is 3.04. The molecule has 1 aliphatic rings. The van der Waals surface area contributed by atoms with Gasteiger partial charge in [-0.3, -0.25) is 4.79 Å². The average molecular weight is 249 g/mol. The number of hydroxylamine groups is 2. The molecule has 1 aromatic heterocycles. The second kappa shape index (κ2) is 4.07. The van der Waals surface area contributed by atoms with E-state index in [2.05, 4.69) is 0 Å². The Morgan fingerprint density at radius 2 is 2.06 bits per heavy atom. The van der Waals surface area contributed by atoms with Gasteiger partial charge in [0.25, 0.3) is 0 Å². The van der Waals surface area contributed by atoms with Crippen LogP contribution in [0.4, 0.5) is 0 Å². The lowest BCUT2D eigenvalue weighted by molar-refractivity contribution is -0.185. The van der Waals surface area contributed by atoms with Gasteiger partial charge in [0.15, 0.2) is 5.78 Å². The van der Waals surface area contributed by atoms with Gasteiger partial charge in [-0.2, -0.15) is 5.06 Å². The summed E-state index contributed by atoms with van der Waals surface area (Å²) in [7, 11) is 0. The van der Waals surface area contributed by atoms with Crippen molar-refractivity contribution < 1.29 is 14.4 Å². The van der Waals surface area contributed by atoms with Crippen LogP contribution in [-0.2, 0) is 0 Å². The minimum atomic E-state index is -0.525. The number of rotatable bonds is 3. The number of furan rings is 1. The molecule has 4 nitrogen and oxygen atoms in total. The van der Waals surface area contributed by atoms with Crippen LogP contribution in [0, 0.1) is 0 Å². The van der Waals surface area contributed by atoms with Crippen molar-refractivity contribution in [1.29, 1.82) is 0 Å². The number of carbonyl (C=O) groups excluding carboxylic acids is 1. The van der Waals surface area contributed by atoms with Gasteiger partial charge in [-0.25, -0.2) is 0 Å². The Balaban J connectivity index is 2.22. The SMILES string of the molecule is CC1(C)C=C(CC(=O)c2ccoc2)C(C)(C)N1O. The molecule has 1 N–H and O–H groups in total. The fourth-order valence-corrected chi connectivity index (χ4v) is 2.49. The van der Waals surface area contributed by atoms with Gasteiger partial charge in [0.05, 0.1) is 22.9 Å². The minimum Gasteiger partial charge on any atom is -0.472 e. The molecule has 0 atom stereocenters. The molecular formula is C14H19NO3. The predicted molar refractivity (Wildman–Crippen MR) is 67.5 cm³/mol. The molecule has 18 heavy (non-hydrogen) atoms. The topological polar surface area (TPSA) is 53.7 Å². The maximum absolute atomic E-state index is 12.1. The molecule has 0 saturated heterocycles. The summed E-state index contributed by atoms with van der Waals surface area (Å²) in [6, 6.07) is 1.66. The first-order valence-electron chi connectivity index (χ1n) is 6.02. The Kier molecular flexibility index (Phi) is 2.95. The van der Waals surface area contributed by atoms with Crippen molar-refractivity contribution in [3.63, 3.8) is 0 Å². The van der Waals surface area contributed by atoms with E-state index in [0.717, 1.165) is 5.57 Å². The molecule has 2 rings (SSSR count). The molecule has 0 spiro atoms. The molecule has 0 aliphatic carbocycles. The third-order valence-electron chi connectivity index (χ3n) is 3.58. The summed E-state index contributed by atoms with van der Waals surface area (Å²) in [5.74, 6) is 0.00850.